The molecule has 0 aliphatic carbocycles. The Bertz CT molecular complexity index is 868. The van der Waals surface area contributed by atoms with Crippen LogP contribution in [-0.2, 0) is 14.8 Å². The lowest BCUT2D eigenvalue weighted by Crippen LogP contribution is -2.30. The predicted molar refractivity (Wildman–Crippen MR) is 97.5 cm³/mol. The van der Waals surface area contributed by atoms with Crippen LogP contribution in [0.4, 0.5) is 5.69 Å². The Labute approximate surface area is 152 Å². The number of halogens is 1. The van der Waals surface area contributed by atoms with E-state index in [0.29, 0.717) is 16.5 Å². The Kier molecular flexibility index (Phi) is 6.05. The summed E-state index contributed by atoms with van der Waals surface area (Å²) in [5, 5.41) is 3.15. The fourth-order valence-electron chi connectivity index (χ4n) is 1.99. The molecule has 0 bridgehead atoms. The molecule has 1 N–H and O–H groups in total. The maximum atomic E-state index is 12.3. The molecule has 0 aliphatic heterocycles. The van der Waals surface area contributed by atoms with Crippen molar-refractivity contribution in [1.29, 1.82) is 0 Å². The molecule has 1 atom stereocenters. The van der Waals surface area contributed by atoms with Crippen LogP contribution in [0, 0.1) is 0 Å². The molecule has 0 saturated heterocycles. The van der Waals surface area contributed by atoms with Crippen molar-refractivity contribution in [3.8, 4) is 5.75 Å². The number of carbonyl (C=O) groups excluding carboxylic acids is 1. The summed E-state index contributed by atoms with van der Waals surface area (Å²) in [4.78, 5) is 12.4. The SMILES string of the molecule is C[C@@H](Oc1cccc(Cl)c1)C(=O)Nc1cccc(S(=O)(=O)N(C)C)c1. The lowest BCUT2D eigenvalue weighted by atomic mass is 10.3. The molecule has 25 heavy (non-hydrogen) atoms. The van der Waals surface area contributed by atoms with Crippen LogP contribution in [0.25, 0.3) is 0 Å². The number of hydrogen-bond acceptors (Lipinski definition) is 4. The van der Waals surface area contributed by atoms with Gasteiger partial charge >= 0.3 is 0 Å². The zero-order valence-corrected chi connectivity index (χ0v) is 15.6. The number of rotatable bonds is 6. The molecule has 6 nitrogen and oxygen atoms in total. The number of nitrogens with zero attached hydrogens (tertiary/aromatic N) is 1. The molecule has 0 aromatic heterocycles. The van der Waals surface area contributed by atoms with Gasteiger partial charge in [-0.05, 0) is 43.3 Å². The molecule has 0 spiro atoms. The van der Waals surface area contributed by atoms with Crippen LogP contribution in [-0.4, -0.2) is 38.8 Å². The number of benzene rings is 2. The number of sulfonamides is 1. The van der Waals surface area contributed by atoms with Gasteiger partial charge in [0.2, 0.25) is 10.0 Å². The zero-order chi connectivity index (χ0) is 18.6. The van der Waals surface area contributed by atoms with E-state index in [1.54, 1.807) is 43.3 Å². The maximum Gasteiger partial charge on any atom is 0.265 e. The normalized spacial score (nSPS) is 12.7. The van der Waals surface area contributed by atoms with Crippen LogP contribution in [0.1, 0.15) is 6.92 Å². The van der Waals surface area contributed by atoms with Crippen LogP contribution in [0.2, 0.25) is 5.02 Å². The van der Waals surface area contributed by atoms with E-state index in [4.69, 9.17) is 16.3 Å². The summed E-state index contributed by atoms with van der Waals surface area (Å²) in [5.74, 6) is 0.0680. The summed E-state index contributed by atoms with van der Waals surface area (Å²) in [6.07, 6.45) is -0.785. The molecule has 2 aromatic rings. The first-order valence-electron chi connectivity index (χ1n) is 7.46. The lowest BCUT2D eigenvalue weighted by molar-refractivity contribution is -0.122. The number of anilines is 1. The van der Waals surface area contributed by atoms with Crippen molar-refractivity contribution in [2.24, 2.45) is 0 Å². The average molecular weight is 383 g/mol. The van der Waals surface area contributed by atoms with Crippen molar-refractivity contribution in [2.75, 3.05) is 19.4 Å². The fourth-order valence-corrected chi connectivity index (χ4v) is 3.12. The number of nitrogens with one attached hydrogen (secondary N) is 1. The molecule has 0 heterocycles. The van der Waals surface area contributed by atoms with Crippen LogP contribution in [0.5, 0.6) is 5.75 Å². The first kappa shape index (κ1) is 19.2. The van der Waals surface area contributed by atoms with Crippen LogP contribution in [0.3, 0.4) is 0 Å². The summed E-state index contributed by atoms with van der Waals surface area (Å²) in [5.41, 5.74) is 0.370. The second-order valence-corrected chi connectivity index (χ2v) is 8.11. The van der Waals surface area contributed by atoms with E-state index >= 15 is 0 Å². The molecule has 0 aliphatic rings. The second-order valence-electron chi connectivity index (χ2n) is 5.52. The largest absolute Gasteiger partial charge is 0.481 e. The molecular weight excluding hydrogens is 364 g/mol. The Morgan fingerprint density at radius 3 is 2.48 bits per heavy atom. The van der Waals surface area contributed by atoms with Crippen molar-refractivity contribution in [3.05, 3.63) is 53.6 Å². The Balaban J connectivity index is 2.10. The summed E-state index contributed by atoms with van der Waals surface area (Å²) in [6.45, 7) is 1.59. The third-order valence-electron chi connectivity index (χ3n) is 3.36. The Hall–Kier alpha value is -2.09. The summed E-state index contributed by atoms with van der Waals surface area (Å²) in [7, 11) is -0.681. The van der Waals surface area contributed by atoms with Gasteiger partial charge in [-0.25, -0.2) is 12.7 Å². The van der Waals surface area contributed by atoms with E-state index in [-0.39, 0.29) is 4.90 Å². The molecule has 0 saturated carbocycles. The highest BCUT2D eigenvalue weighted by atomic mass is 35.5. The minimum atomic E-state index is -3.57. The van der Waals surface area contributed by atoms with Gasteiger partial charge in [-0.3, -0.25) is 4.79 Å². The van der Waals surface area contributed by atoms with E-state index in [9.17, 15) is 13.2 Å². The van der Waals surface area contributed by atoms with Crippen molar-refractivity contribution in [1.82, 2.24) is 4.31 Å². The third-order valence-corrected chi connectivity index (χ3v) is 5.40. The second kappa shape index (κ2) is 7.86. The highest BCUT2D eigenvalue weighted by Crippen LogP contribution is 2.20. The smallest absolute Gasteiger partial charge is 0.265 e. The highest BCUT2D eigenvalue weighted by Gasteiger charge is 2.19. The topological polar surface area (TPSA) is 75.7 Å². The van der Waals surface area contributed by atoms with E-state index in [0.717, 1.165) is 4.31 Å². The minimum absolute atomic E-state index is 0.0960. The molecule has 134 valence electrons. The predicted octanol–water partition coefficient (Wildman–Crippen LogP) is 3.00. The molecular formula is C17H19ClN2O4S. The maximum absolute atomic E-state index is 12.3. The standard InChI is InChI=1S/C17H19ClN2O4S/c1-12(24-15-8-4-6-13(18)10-15)17(21)19-14-7-5-9-16(11-14)25(22,23)20(2)3/h4-12H,1-3H3,(H,19,21)/t12-/m1/s1. The average Bonchev–Trinajstić information content (AvgIpc) is 2.54. The van der Waals surface area contributed by atoms with Gasteiger partial charge in [0.05, 0.1) is 4.90 Å². The molecule has 0 fully saturated rings. The molecule has 8 heteroatoms. The van der Waals surface area contributed by atoms with Gasteiger partial charge in [-0.1, -0.05) is 23.7 Å². The van der Waals surface area contributed by atoms with E-state index in [1.165, 1.54) is 26.2 Å². The molecule has 1 amide bonds. The monoisotopic (exact) mass is 382 g/mol. The van der Waals surface area contributed by atoms with Crippen LogP contribution in [0.15, 0.2) is 53.4 Å². The van der Waals surface area contributed by atoms with Crippen LogP contribution >= 0.6 is 11.6 Å². The van der Waals surface area contributed by atoms with Gasteiger partial charge in [0, 0.05) is 24.8 Å². The van der Waals surface area contributed by atoms with E-state index < -0.39 is 22.0 Å². The van der Waals surface area contributed by atoms with Gasteiger partial charge in [0.25, 0.3) is 5.91 Å². The van der Waals surface area contributed by atoms with Crippen molar-refractivity contribution in [3.63, 3.8) is 0 Å². The minimum Gasteiger partial charge on any atom is -0.481 e. The Morgan fingerprint density at radius 2 is 1.84 bits per heavy atom. The van der Waals surface area contributed by atoms with E-state index in [1.807, 2.05) is 0 Å². The number of carbonyl (C=O) groups is 1. The van der Waals surface area contributed by atoms with Gasteiger partial charge in [-0.2, -0.15) is 0 Å². The van der Waals surface area contributed by atoms with Crippen molar-refractivity contribution < 1.29 is 17.9 Å². The fraction of sp³-hybridized carbons (Fsp3) is 0.235. The first-order valence-corrected chi connectivity index (χ1v) is 9.27. The Morgan fingerprint density at radius 1 is 1.16 bits per heavy atom. The molecule has 2 aromatic carbocycles. The lowest BCUT2D eigenvalue weighted by Gasteiger charge is -2.16. The molecule has 0 unspecified atom stereocenters. The van der Waals surface area contributed by atoms with E-state index in [2.05, 4.69) is 5.32 Å². The van der Waals surface area contributed by atoms with Gasteiger partial charge < -0.3 is 10.1 Å². The van der Waals surface area contributed by atoms with Gasteiger partial charge in [-0.15, -0.1) is 0 Å². The quantitative estimate of drug-likeness (QED) is 0.833. The number of hydrogen-bond donors (Lipinski definition) is 1. The zero-order valence-electron chi connectivity index (χ0n) is 14.1. The summed E-state index contributed by atoms with van der Waals surface area (Å²) >= 11 is 5.88. The number of ether oxygens (including phenoxy) is 1. The van der Waals surface area contributed by atoms with Gasteiger partial charge in [0.15, 0.2) is 6.10 Å². The summed E-state index contributed by atoms with van der Waals surface area (Å²) < 4.78 is 31.0. The van der Waals surface area contributed by atoms with Crippen molar-refractivity contribution in [2.45, 2.75) is 17.9 Å². The van der Waals surface area contributed by atoms with Gasteiger partial charge in [0.1, 0.15) is 5.75 Å². The third kappa shape index (κ3) is 4.94. The summed E-state index contributed by atoms with van der Waals surface area (Å²) in [6, 6.07) is 12.8. The van der Waals surface area contributed by atoms with Crippen LogP contribution < -0.4 is 10.1 Å². The molecule has 2 rings (SSSR count). The highest BCUT2D eigenvalue weighted by molar-refractivity contribution is 7.89. The first-order chi connectivity index (χ1) is 11.7. The number of amides is 1. The molecule has 0 radical (unpaired) electrons. The van der Waals surface area contributed by atoms with Crippen molar-refractivity contribution >= 4 is 33.2 Å².